The molecule has 0 aliphatic rings. The molecule has 0 heterocycles. The number of halogens is 2. The first kappa shape index (κ1) is 16.0. The summed E-state index contributed by atoms with van der Waals surface area (Å²) in [4.78, 5) is 12.2. The summed E-state index contributed by atoms with van der Waals surface area (Å²) in [5.74, 6) is 0.449. The Balaban J connectivity index is 2.04. The molecule has 0 aromatic heterocycles. The summed E-state index contributed by atoms with van der Waals surface area (Å²) in [5.41, 5.74) is 1.82. The SMILES string of the molecule is Cc1ccccc1NC(=O)[C@@H](C)Oc1ccc(Br)cc1Br. The molecule has 2 aromatic rings. The summed E-state index contributed by atoms with van der Waals surface area (Å²) < 4.78 is 7.44. The predicted octanol–water partition coefficient (Wildman–Crippen LogP) is 4.93. The molecule has 0 spiro atoms. The third-order valence-corrected chi connectivity index (χ3v) is 4.08. The second-order valence-corrected chi connectivity index (χ2v) is 6.41. The van der Waals surface area contributed by atoms with Crippen LogP contribution < -0.4 is 10.1 Å². The van der Waals surface area contributed by atoms with Crippen molar-refractivity contribution in [3.05, 3.63) is 57.0 Å². The van der Waals surface area contributed by atoms with Crippen LogP contribution in [0.1, 0.15) is 12.5 Å². The van der Waals surface area contributed by atoms with Crippen LogP contribution in [-0.2, 0) is 4.79 Å². The second kappa shape index (κ2) is 7.09. The van der Waals surface area contributed by atoms with Crippen molar-refractivity contribution in [2.45, 2.75) is 20.0 Å². The third kappa shape index (κ3) is 4.32. The van der Waals surface area contributed by atoms with Crippen molar-refractivity contribution in [3.63, 3.8) is 0 Å². The number of carbonyl (C=O) groups excluding carboxylic acids is 1. The molecule has 0 radical (unpaired) electrons. The number of ether oxygens (including phenoxy) is 1. The van der Waals surface area contributed by atoms with E-state index >= 15 is 0 Å². The molecule has 110 valence electrons. The lowest BCUT2D eigenvalue weighted by Gasteiger charge is -2.16. The molecule has 21 heavy (non-hydrogen) atoms. The fourth-order valence-electron chi connectivity index (χ4n) is 1.76. The van der Waals surface area contributed by atoms with Gasteiger partial charge in [-0.05, 0) is 59.6 Å². The Hall–Kier alpha value is -1.33. The van der Waals surface area contributed by atoms with Gasteiger partial charge in [0, 0.05) is 10.2 Å². The van der Waals surface area contributed by atoms with Crippen molar-refractivity contribution in [2.24, 2.45) is 0 Å². The van der Waals surface area contributed by atoms with Crippen LogP contribution in [0.4, 0.5) is 5.69 Å². The zero-order chi connectivity index (χ0) is 15.4. The van der Waals surface area contributed by atoms with Gasteiger partial charge in [-0.2, -0.15) is 0 Å². The van der Waals surface area contributed by atoms with Gasteiger partial charge in [-0.25, -0.2) is 0 Å². The monoisotopic (exact) mass is 411 g/mol. The van der Waals surface area contributed by atoms with Gasteiger partial charge in [0.2, 0.25) is 0 Å². The van der Waals surface area contributed by atoms with E-state index in [9.17, 15) is 4.79 Å². The lowest BCUT2D eigenvalue weighted by Crippen LogP contribution is -2.30. The summed E-state index contributed by atoms with van der Waals surface area (Å²) in [6.45, 7) is 3.68. The van der Waals surface area contributed by atoms with E-state index in [0.29, 0.717) is 5.75 Å². The van der Waals surface area contributed by atoms with Gasteiger partial charge >= 0.3 is 0 Å². The van der Waals surface area contributed by atoms with E-state index < -0.39 is 6.10 Å². The number of rotatable bonds is 4. The second-order valence-electron chi connectivity index (χ2n) is 4.64. The largest absolute Gasteiger partial charge is 0.480 e. The quantitative estimate of drug-likeness (QED) is 0.773. The molecule has 1 N–H and O–H groups in total. The van der Waals surface area contributed by atoms with E-state index in [1.807, 2.05) is 49.4 Å². The fourth-order valence-corrected chi connectivity index (χ4v) is 2.90. The van der Waals surface area contributed by atoms with Crippen molar-refractivity contribution < 1.29 is 9.53 Å². The van der Waals surface area contributed by atoms with E-state index in [1.54, 1.807) is 6.92 Å². The Labute approximate surface area is 141 Å². The number of anilines is 1. The van der Waals surface area contributed by atoms with E-state index in [2.05, 4.69) is 37.2 Å². The van der Waals surface area contributed by atoms with Crippen molar-refractivity contribution in [1.82, 2.24) is 0 Å². The van der Waals surface area contributed by atoms with Crippen LogP contribution in [0.3, 0.4) is 0 Å². The minimum Gasteiger partial charge on any atom is -0.480 e. The van der Waals surface area contributed by atoms with Crippen LogP contribution in [0.15, 0.2) is 51.4 Å². The Morgan fingerprint density at radius 1 is 1.19 bits per heavy atom. The molecule has 1 amide bonds. The van der Waals surface area contributed by atoms with Crippen LogP contribution in [0, 0.1) is 6.92 Å². The highest BCUT2D eigenvalue weighted by molar-refractivity contribution is 9.11. The standard InChI is InChI=1S/C16H15Br2NO2/c1-10-5-3-4-6-14(10)19-16(20)11(2)21-15-8-7-12(17)9-13(15)18/h3-9,11H,1-2H3,(H,19,20)/t11-/m1/s1. The van der Waals surface area contributed by atoms with Crippen LogP contribution in [-0.4, -0.2) is 12.0 Å². The van der Waals surface area contributed by atoms with Crippen LogP contribution in [0.25, 0.3) is 0 Å². The van der Waals surface area contributed by atoms with Gasteiger partial charge in [-0.1, -0.05) is 34.1 Å². The number of nitrogens with one attached hydrogen (secondary N) is 1. The summed E-state index contributed by atoms with van der Waals surface area (Å²) in [7, 11) is 0. The molecular formula is C16H15Br2NO2. The smallest absolute Gasteiger partial charge is 0.265 e. The average Bonchev–Trinajstić information content (AvgIpc) is 2.44. The minimum atomic E-state index is -0.595. The average molecular weight is 413 g/mol. The van der Waals surface area contributed by atoms with Gasteiger partial charge in [0.1, 0.15) is 5.75 Å². The molecule has 0 aliphatic carbocycles. The van der Waals surface area contributed by atoms with Gasteiger partial charge in [0.05, 0.1) is 4.47 Å². The highest BCUT2D eigenvalue weighted by Crippen LogP contribution is 2.29. The Kier molecular flexibility index (Phi) is 5.42. The first-order chi connectivity index (χ1) is 9.97. The summed E-state index contributed by atoms with van der Waals surface area (Å²) in [5, 5.41) is 2.87. The van der Waals surface area contributed by atoms with Crippen molar-refractivity contribution in [2.75, 3.05) is 5.32 Å². The molecule has 5 heteroatoms. The molecule has 2 rings (SSSR count). The van der Waals surface area contributed by atoms with Crippen molar-refractivity contribution in [3.8, 4) is 5.75 Å². The maximum absolute atomic E-state index is 12.2. The minimum absolute atomic E-state index is 0.181. The number of hydrogen-bond acceptors (Lipinski definition) is 2. The molecule has 0 bridgehead atoms. The summed E-state index contributed by atoms with van der Waals surface area (Å²) in [6, 6.07) is 13.2. The van der Waals surface area contributed by atoms with Crippen molar-refractivity contribution in [1.29, 1.82) is 0 Å². The number of benzene rings is 2. The molecule has 0 saturated heterocycles. The van der Waals surface area contributed by atoms with E-state index in [-0.39, 0.29) is 5.91 Å². The zero-order valence-electron chi connectivity index (χ0n) is 11.7. The Morgan fingerprint density at radius 2 is 1.90 bits per heavy atom. The molecule has 0 fully saturated rings. The molecule has 1 atom stereocenters. The van der Waals surface area contributed by atoms with Crippen molar-refractivity contribution >= 4 is 43.5 Å². The Bertz CT molecular complexity index is 658. The van der Waals surface area contributed by atoms with Crippen LogP contribution in [0.2, 0.25) is 0 Å². The van der Waals surface area contributed by atoms with E-state index in [4.69, 9.17) is 4.74 Å². The van der Waals surface area contributed by atoms with Gasteiger partial charge in [0.15, 0.2) is 6.10 Å². The summed E-state index contributed by atoms with van der Waals surface area (Å²) >= 11 is 6.80. The summed E-state index contributed by atoms with van der Waals surface area (Å²) in [6.07, 6.45) is -0.595. The number of para-hydroxylation sites is 1. The van der Waals surface area contributed by atoms with Gasteiger partial charge in [-0.15, -0.1) is 0 Å². The zero-order valence-corrected chi connectivity index (χ0v) is 14.9. The number of amides is 1. The molecule has 0 aliphatic heterocycles. The maximum Gasteiger partial charge on any atom is 0.265 e. The fraction of sp³-hybridized carbons (Fsp3) is 0.188. The van der Waals surface area contributed by atoms with Gasteiger partial charge in [0.25, 0.3) is 5.91 Å². The lowest BCUT2D eigenvalue weighted by molar-refractivity contribution is -0.122. The third-order valence-electron chi connectivity index (χ3n) is 2.97. The molecule has 3 nitrogen and oxygen atoms in total. The van der Waals surface area contributed by atoms with Crippen LogP contribution >= 0.6 is 31.9 Å². The topological polar surface area (TPSA) is 38.3 Å². The van der Waals surface area contributed by atoms with E-state index in [0.717, 1.165) is 20.2 Å². The van der Waals surface area contributed by atoms with Gasteiger partial charge < -0.3 is 10.1 Å². The maximum atomic E-state index is 12.2. The molecule has 2 aromatic carbocycles. The van der Waals surface area contributed by atoms with Gasteiger partial charge in [-0.3, -0.25) is 4.79 Å². The number of carbonyl (C=O) groups is 1. The highest BCUT2D eigenvalue weighted by Gasteiger charge is 2.16. The number of hydrogen-bond donors (Lipinski definition) is 1. The number of aryl methyl sites for hydroxylation is 1. The van der Waals surface area contributed by atoms with Crippen LogP contribution in [0.5, 0.6) is 5.75 Å². The molecular weight excluding hydrogens is 398 g/mol. The Morgan fingerprint density at radius 3 is 2.57 bits per heavy atom. The normalized spacial score (nSPS) is 11.8. The molecule has 0 saturated carbocycles. The molecule has 0 unspecified atom stereocenters. The predicted molar refractivity (Wildman–Crippen MR) is 91.7 cm³/mol. The first-order valence-electron chi connectivity index (χ1n) is 6.45. The lowest BCUT2D eigenvalue weighted by atomic mass is 10.2. The van der Waals surface area contributed by atoms with E-state index in [1.165, 1.54) is 0 Å². The highest BCUT2D eigenvalue weighted by atomic mass is 79.9. The first-order valence-corrected chi connectivity index (χ1v) is 8.04.